The van der Waals surface area contributed by atoms with Gasteiger partial charge in [0.1, 0.15) is 0 Å². The molecule has 0 saturated carbocycles. The highest BCUT2D eigenvalue weighted by molar-refractivity contribution is 5.95. The average Bonchev–Trinajstić information content (AvgIpc) is 2.84. The van der Waals surface area contributed by atoms with Gasteiger partial charge < -0.3 is 14.8 Å². The standard InChI is InChI=1S/C20H27NO3/c1-20(2,3)14-6-8-18-16(12-14)15-11-13(19(23)24)5-7-17(15)21(18)9-4-10-22/h5,7,11,14,22H,4,6,8-10,12H2,1-3H3,(H,23,24). The Bertz CT molecular complexity index is 767. The lowest BCUT2D eigenvalue weighted by atomic mass is 9.71. The Morgan fingerprint density at radius 1 is 1.33 bits per heavy atom. The number of aromatic nitrogens is 1. The molecule has 0 fully saturated rings. The second kappa shape index (κ2) is 6.25. The van der Waals surface area contributed by atoms with Crippen LogP contribution in [0.3, 0.4) is 0 Å². The van der Waals surface area contributed by atoms with Crippen LogP contribution in [0.25, 0.3) is 10.9 Å². The number of fused-ring (bicyclic) bond motifs is 3. The Morgan fingerprint density at radius 2 is 2.08 bits per heavy atom. The van der Waals surface area contributed by atoms with Gasteiger partial charge in [0.25, 0.3) is 0 Å². The van der Waals surface area contributed by atoms with E-state index in [1.807, 2.05) is 12.1 Å². The first-order valence-electron chi connectivity index (χ1n) is 8.81. The molecule has 0 aliphatic heterocycles. The molecule has 1 atom stereocenters. The van der Waals surface area contributed by atoms with Crippen molar-refractivity contribution in [1.29, 1.82) is 0 Å². The first kappa shape index (κ1) is 17.0. The average molecular weight is 329 g/mol. The third-order valence-corrected chi connectivity index (χ3v) is 5.48. The lowest BCUT2D eigenvalue weighted by Gasteiger charge is -2.34. The van der Waals surface area contributed by atoms with E-state index in [1.54, 1.807) is 6.07 Å². The van der Waals surface area contributed by atoms with Crippen LogP contribution in [0.2, 0.25) is 0 Å². The van der Waals surface area contributed by atoms with E-state index in [4.69, 9.17) is 0 Å². The van der Waals surface area contributed by atoms with Gasteiger partial charge in [-0.2, -0.15) is 0 Å². The van der Waals surface area contributed by atoms with Crippen LogP contribution < -0.4 is 0 Å². The summed E-state index contributed by atoms with van der Waals surface area (Å²) in [5.74, 6) is -0.271. The van der Waals surface area contributed by atoms with E-state index < -0.39 is 5.97 Å². The maximum atomic E-state index is 11.4. The lowest BCUT2D eigenvalue weighted by Crippen LogP contribution is -2.27. The van der Waals surface area contributed by atoms with Gasteiger partial charge in [0, 0.05) is 29.7 Å². The maximum absolute atomic E-state index is 11.4. The maximum Gasteiger partial charge on any atom is 0.335 e. The van der Waals surface area contributed by atoms with Crippen molar-refractivity contribution < 1.29 is 15.0 Å². The van der Waals surface area contributed by atoms with Crippen molar-refractivity contribution >= 4 is 16.9 Å². The summed E-state index contributed by atoms with van der Waals surface area (Å²) >= 11 is 0. The zero-order valence-electron chi connectivity index (χ0n) is 14.8. The molecule has 4 nitrogen and oxygen atoms in total. The van der Waals surface area contributed by atoms with E-state index in [0.29, 0.717) is 11.5 Å². The normalized spacial score (nSPS) is 17.9. The molecule has 1 heterocycles. The number of rotatable bonds is 4. The molecule has 2 aromatic rings. The van der Waals surface area contributed by atoms with Crippen molar-refractivity contribution in [2.45, 2.75) is 53.0 Å². The van der Waals surface area contributed by atoms with Gasteiger partial charge in [-0.1, -0.05) is 20.8 Å². The minimum absolute atomic E-state index is 0.173. The summed E-state index contributed by atoms with van der Waals surface area (Å²) in [6.07, 6.45) is 3.92. The van der Waals surface area contributed by atoms with Gasteiger partial charge in [-0.3, -0.25) is 0 Å². The number of benzene rings is 1. The van der Waals surface area contributed by atoms with Gasteiger partial charge in [0.2, 0.25) is 0 Å². The van der Waals surface area contributed by atoms with Crippen molar-refractivity contribution in [3.05, 3.63) is 35.0 Å². The highest BCUT2D eigenvalue weighted by Gasteiger charge is 2.32. The summed E-state index contributed by atoms with van der Waals surface area (Å²) in [4.78, 5) is 11.4. The monoisotopic (exact) mass is 329 g/mol. The first-order chi connectivity index (χ1) is 11.3. The molecule has 4 heteroatoms. The van der Waals surface area contributed by atoms with Crippen LogP contribution in [0, 0.1) is 11.3 Å². The van der Waals surface area contributed by atoms with Gasteiger partial charge >= 0.3 is 5.97 Å². The van der Waals surface area contributed by atoms with E-state index in [1.165, 1.54) is 11.3 Å². The summed E-state index contributed by atoms with van der Waals surface area (Å²) in [5, 5.41) is 19.6. The minimum atomic E-state index is -0.878. The van der Waals surface area contributed by atoms with Crippen LogP contribution in [0.5, 0.6) is 0 Å². The van der Waals surface area contributed by atoms with Crippen molar-refractivity contribution in [1.82, 2.24) is 4.57 Å². The molecule has 2 N–H and O–H groups in total. The molecule has 1 aromatic heterocycles. The highest BCUT2D eigenvalue weighted by atomic mass is 16.4. The largest absolute Gasteiger partial charge is 0.478 e. The Balaban J connectivity index is 2.14. The number of hydrogen-bond acceptors (Lipinski definition) is 2. The van der Waals surface area contributed by atoms with Crippen LogP contribution in [-0.2, 0) is 19.4 Å². The molecule has 1 aliphatic rings. The smallest absolute Gasteiger partial charge is 0.335 e. The first-order valence-corrected chi connectivity index (χ1v) is 8.81. The summed E-state index contributed by atoms with van der Waals surface area (Å²) in [5.41, 5.74) is 4.36. The second-order valence-electron chi connectivity index (χ2n) is 8.00. The fourth-order valence-corrected chi connectivity index (χ4v) is 4.01. The molecule has 0 radical (unpaired) electrons. The molecular weight excluding hydrogens is 302 g/mol. The Hall–Kier alpha value is -1.81. The third kappa shape index (κ3) is 2.95. The molecule has 0 saturated heterocycles. The number of carboxylic acid groups (broad SMARTS) is 1. The number of carbonyl (C=O) groups is 1. The van der Waals surface area contributed by atoms with Crippen LogP contribution in [0.1, 0.15) is 55.2 Å². The number of aliphatic hydroxyl groups excluding tert-OH is 1. The van der Waals surface area contributed by atoms with Crippen molar-refractivity contribution in [3.63, 3.8) is 0 Å². The van der Waals surface area contributed by atoms with Crippen molar-refractivity contribution in [3.8, 4) is 0 Å². The zero-order valence-corrected chi connectivity index (χ0v) is 14.8. The molecule has 1 aliphatic carbocycles. The summed E-state index contributed by atoms with van der Waals surface area (Å²) in [6.45, 7) is 7.82. The lowest BCUT2D eigenvalue weighted by molar-refractivity contribution is 0.0697. The predicted molar refractivity (Wildman–Crippen MR) is 95.6 cm³/mol. The number of carboxylic acids is 1. The third-order valence-electron chi connectivity index (χ3n) is 5.48. The van der Waals surface area contributed by atoms with Crippen LogP contribution in [0.15, 0.2) is 18.2 Å². The molecule has 0 bridgehead atoms. The van der Waals surface area contributed by atoms with E-state index >= 15 is 0 Å². The fraction of sp³-hybridized carbons (Fsp3) is 0.550. The van der Waals surface area contributed by atoms with Crippen molar-refractivity contribution in [2.24, 2.45) is 11.3 Å². The Labute approximate surface area is 143 Å². The van der Waals surface area contributed by atoms with Gasteiger partial charge in [0.05, 0.1) is 5.56 Å². The minimum Gasteiger partial charge on any atom is -0.478 e. The highest BCUT2D eigenvalue weighted by Crippen LogP contribution is 2.41. The molecule has 1 unspecified atom stereocenters. The second-order valence-corrected chi connectivity index (χ2v) is 8.00. The molecule has 0 amide bonds. The summed E-state index contributed by atoms with van der Waals surface area (Å²) < 4.78 is 2.30. The summed E-state index contributed by atoms with van der Waals surface area (Å²) in [6, 6.07) is 5.45. The zero-order chi connectivity index (χ0) is 17.5. The molecule has 3 rings (SSSR count). The van der Waals surface area contributed by atoms with Gasteiger partial charge in [-0.05, 0) is 60.8 Å². The molecule has 1 aromatic carbocycles. The van der Waals surface area contributed by atoms with Crippen molar-refractivity contribution in [2.75, 3.05) is 6.61 Å². The van der Waals surface area contributed by atoms with E-state index in [9.17, 15) is 15.0 Å². The predicted octanol–water partition coefficient (Wildman–Crippen LogP) is 3.87. The molecule has 130 valence electrons. The van der Waals surface area contributed by atoms with E-state index in [2.05, 4.69) is 25.3 Å². The van der Waals surface area contributed by atoms with Crippen LogP contribution in [0.4, 0.5) is 0 Å². The topological polar surface area (TPSA) is 62.5 Å². The Kier molecular flexibility index (Phi) is 4.43. The van der Waals surface area contributed by atoms with Gasteiger partial charge in [0.15, 0.2) is 0 Å². The number of hydrogen-bond donors (Lipinski definition) is 2. The van der Waals surface area contributed by atoms with E-state index in [-0.39, 0.29) is 12.0 Å². The van der Waals surface area contributed by atoms with E-state index in [0.717, 1.165) is 43.1 Å². The molecular formula is C20H27NO3. The quantitative estimate of drug-likeness (QED) is 0.895. The number of aryl methyl sites for hydroxylation is 1. The molecule has 24 heavy (non-hydrogen) atoms. The summed E-state index contributed by atoms with van der Waals surface area (Å²) in [7, 11) is 0. The number of aliphatic hydroxyl groups is 1. The number of aromatic carboxylic acids is 1. The van der Waals surface area contributed by atoms with Gasteiger partial charge in [-0.25, -0.2) is 4.79 Å². The Morgan fingerprint density at radius 3 is 2.71 bits per heavy atom. The van der Waals surface area contributed by atoms with Gasteiger partial charge in [-0.15, -0.1) is 0 Å². The number of nitrogens with zero attached hydrogens (tertiary/aromatic N) is 1. The van der Waals surface area contributed by atoms with Crippen LogP contribution in [-0.4, -0.2) is 27.4 Å². The van der Waals surface area contributed by atoms with Crippen LogP contribution >= 0.6 is 0 Å². The molecule has 0 spiro atoms. The fourth-order valence-electron chi connectivity index (χ4n) is 4.01. The SMILES string of the molecule is CC(C)(C)C1CCc2c(c3cc(C(=O)O)ccc3n2CCCO)C1.